The van der Waals surface area contributed by atoms with E-state index in [4.69, 9.17) is 19.7 Å². The Morgan fingerprint density at radius 3 is 1.67 bits per heavy atom. The molecule has 0 spiro atoms. The highest BCUT2D eigenvalue weighted by atomic mass is 16.5. The predicted octanol–water partition coefficient (Wildman–Crippen LogP) is 13.2. The van der Waals surface area contributed by atoms with Gasteiger partial charge in [-0.25, -0.2) is 15.0 Å². The van der Waals surface area contributed by atoms with Gasteiger partial charge >= 0.3 is 0 Å². The van der Waals surface area contributed by atoms with Gasteiger partial charge in [-0.15, -0.1) is 0 Å². The molecule has 1 aliphatic heterocycles. The van der Waals surface area contributed by atoms with Crippen molar-refractivity contribution in [2.75, 3.05) is 5.32 Å². The number of benzene rings is 9. The number of hydrogen-bond acceptors (Lipinski definition) is 5. The van der Waals surface area contributed by atoms with Gasteiger partial charge in [0.05, 0.1) is 5.69 Å². The van der Waals surface area contributed by atoms with Crippen LogP contribution in [0.5, 0.6) is 5.75 Å². The minimum Gasteiger partial charge on any atom is -0.464 e. The second-order valence-corrected chi connectivity index (χ2v) is 14.5. The third-order valence-electron chi connectivity index (χ3n) is 10.9. The Bertz CT molecular complexity index is 3130. The van der Waals surface area contributed by atoms with Crippen LogP contribution in [0.3, 0.4) is 0 Å². The topological polar surface area (TPSA) is 59.9 Å². The molecule has 0 radical (unpaired) electrons. The van der Waals surface area contributed by atoms with Gasteiger partial charge in [-0.1, -0.05) is 176 Å². The van der Waals surface area contributed by atoms with Gasteiger partial charge in [0.1, 0.15) is 0 Å². The number of fused-ring (bicyclic) bond motifs is 7. The number of nitrogens with zero attached hydrogens (tertiary/aromatic N) is 3. The first kappa shape index (κ1) is 32.8. The summed E-state index contributed by atoms with van der Waals surface area (Å²) in [4.78, 5) is 15.3. The van der Waals surface area contributed by atoms with E-state index in [1.165, 1.54) is 16.3 Å². The van der Waals surface area contributed by atoms with Crippen LogP contribution in [0.15, 0.2) is 194 Å². The van der Waals surface area contributed by atoms with Crippen LogP contribution in [-0.4, -0.2) is 15.0 Å². The molecule has 57 heavy (non-hydrogen) atoms. The number of rotatable bonds is 6. The van der Waals surface area contributed by atoms with Crippen LogP contribution in [0.25, 0.3) is 88.7 Å². The van der Waals surface area contributed by atoms with Crippen molar-refractivity contribution in [3.8, 4) is 62.2 Å². The maximum atomic E-state index is 6.73. The zero-order valence-electron chi connectivity index (χ0n) is 30.8. The Hall–Kier alpha value is -7.63. The fourth-order valence-electron chi connectivity index (χ4n) is 8.03. The van der Waals surface area contributed by atoms with Crippen molar-refractivity contribution in [3.05, 3.63) is 200 Å². The maximum Gasteiger partial charge on any atom is 0.196 e. The number of anilines is 1. The van der Waals surface area contributed by atoms with Gasteiger partial charge in [0.2, 0.25) is 0 Å². The van der Waals surface area contributed by atoms with Gasteiger partial charge in [0.15, 0.2) is 29.5 Å². The monoisotopic (exact) mass is 730 g/mol. The summed E-state index contributed by atoms with van der Waals surface area (Å²) in [5, 5.41) is 10.6. The zero-order valence-corrected chi connectivity index (χ0v) is 30.8. The molecule has 0 fully saturated rings. The van der Waals surface area contributed by atoms with E-state index in [1.54, 1.807) is 0 Å². The Labute approximate surface area is 330 Å². The third kappa shape index (κ3) is 5.94. The average molecular weight is 731 g/mol. The molecule has 11 rings (SSSR count). The molecule has 2 heterocycles. The van der Waals surface area contributed by atoms with Gasteiger partial charge in [-0.05, 0) is 62.0 Å². The van der Waals surface area contributed by atoms with Crippen molar-refractivity contribution >= 4 is 38.0 Å². The van der Waals surface area contributed by atoms with E-state index >= 15 is 0 Å². The first-order valence-corrected chi connectivity index (χ1v) is 19.2. The molecule has 10 aromatic rings. The smallest absolute Gasteiger partial charge is 0.196 e. The number of aromatic nitrogens is 3. The summed E-state index contributed by atoms with van der Waals surface area (Å²) in [6.45, 7) is 0. The lowest BCUT2D eigenvalue weighted by Gasteiger charge is -2.13. The molecule has 1 atom stereocenters. The highest BCUT2D eigenvalue weighted by Gasteiger charge is 2.28. The minimum atomic E-state index is -0.272. The Balaban J connectivity index is 1.02. The maximum absolute atomic E-state index is 6.73. The van der Waals surface area contributed by atoms with Crippen molar-refractivity contribution in [1.82, 2.24) is 15.0 Å². The van der Waals surface area contributed by atoms with E-state index in [0.29, 0.717) is 17.5 Å². The van der Waals surface area contributed by atoms with E-state index in [2.05, 4.69) is 175 Å². The summed E-state index contributed by atoms with van der Waals surface area (Å²) < 4.78 is 6.73. The molecule has 0 saturated heterocycles. The van der Waals surface area contributed by atoms with Crippen molar-refractivity contribution in [1.29, 1.82) is 0 Å². The molecule has 1 aromatic heterocycles. The third-order valence-corrected chi connectivity index (χ3v) is 10.9. The Morgan fingerprint density at radius 1 is 0.351 bits per heavy atom. The quantitative estimate of drug-likeness (QED) is 0.173. The normalized spacial score (nSPS) is 13.4. The lowest BCUT2D eigenvalue weighted by Crippen LogP contribution is -2.09. The average Bonchev–Trinajstić information content (AvgIpc) is 3.76. The van der Waals surface area contributed by atoms with Gasteiger partial charge < -0.3 is 10.1 Å². The van der Waals surface area contributed by atoms with Gasteiger partial charge in [0, 0.05) is 33.0 Å². The number of nitrogens with one attached hydrogen (secondary N) is 1. The molecule has 9 aromatic carbocycles. The lowest BCUT2D eigenvalue weighted by molar-refractivity contribution is 0.262. The van der Waals surface area contributed by atoms with Crippen LogP contribution in [0, 0.1) is 0 Å². The Morgan fingerprint density at radius 2 is 0.877 bits per heavy atom. The molecule has 0 saturated carbocycles. The van der Waals surface area contributed by atoms with Crippen molar-refractivity contribution in [3.63, 3.8) is 0 Å². The molecule has 0 aliphatic carbocycles. The predicted molar refractivity (Wildman–Crippen MR) is 233 cm³/mol. The Kier molecular flexibility index (Phi) is 7.81. The number of ether oxygens (including phenoxy) is 1. The zero-order chi connectivity index (χ0) is 37.7. The fraction of sp³-hybridized carbons (Fsp3) is 0.0192. The first-order valence-electron chi connectivity index (χ1n) is 19.2. The SMILES string of the molecule is c1ccc(-c2ccc(-c3nc(-c4cccc(-c5ccc6c(c5)c5c(c7ccccc76)NC(c6ccccc6)O5)c4)nc(-c4ccc5ccccc5c4)n3)cc2)cc1. The van der Waals surface area contributed by atoms with E-state index in [9.17, 15) is 0 Å². The molecule has 1 aliphatic rings. The molecule has 5 heteroatoms. The number of hydrogen-bond donors (Lipinski definition) is 1. The van der Waals surface area contributed by atoms with Crippen LogP contribution in [0.1, 0.15) is 11.8 Å². The lowest BCUT2D eigenvalue weighted by atomic mass is 9.95. The summed E-state index contributed by atoms with van der Waals surface area (Å²) in [5.41, 5.74) is 9.32. The summed E-state index contributed by atoms with van der Waals surface area (Å²) in [6.07, 6.45) is -0.272. The standard InChI is InChI=1S/C52H34N4O/c1-3-12-33(13-4-1)35-22-25-36(26-23-35)49-54-50(56-51(55-49)42-27-24-34-14-7-8-17-38(34)30-42)41-19-11-18-39(31-41)40-28-29-44-43-20-9-10-21-45(43)47-48(46(44)32-40)57-52(53-47)37-15-5-2-6-16-37/h1-32,52-53H. The molecule has 1 N–H and O–H groups in total. The molecule has 268 valence electrons. The van der Waals surface area contributed by atoms with Crippen LogP contribution in [-0.2, 0) is 0 Å². The van der Waals surface area contributed by atoms with E-state index in [0.717, 1.165) is 71.9 Å². The summed E-state index contributed by atoms with van der Waals surface area (Å²) >= 11 is 0. The van der Waals surface area contributed by atoms with Crippen LogP contribution in [0.2, 0.25) is 0 Å². The van der Waals surface area contributed by atoms with Crippen LogP contribution in [0.4, 0.5) is 5.69 Å². The van der Waals surface area contributed by atoms with Crippen molar-refractivity contribution < 1.29 is 4.74 Å². The molecule has 1 unspecified atom stereocenters. The van der Waals surface area contributed by atoms with Crippen LogP contribution < -0.4 is 10.1 Å². The second kappa shape index (κ2) is 13.6. The molecular weight excluding hydrogens is 697 g/mol. The van der Waals surface area contributed by atoms with E-state index < -0.39 is 0 Å². The van der Waals surface area contributed by atoms with Gasteiger partial charge in [-0.3, -0.25) is 0 Å². The molecule has 0 amide bonds. The highest BCUT2D eigenvalue weighted by Crippen LogP contribution is 2.49. The van der Waals surface area contributed by atoms with E-state index in [1.807, 2.05) is 24.3 Å². The fourth-order valence-corrected chi connectivity index (χ4v) is 8.03. The summed E-state index contributed by atoms with van der Waals surface area (Å²) in [5.74, 6) is 2.74. The van der Waals surface area contributed by atoms with Crippen LogP contribution >= 0.6 is 0 Å². The highest BCUT2D eigenvalue weighted by molar-refractivity contribution is 6.18. The minimum absolute atomic E-state index is 0.272. The second-order valence-electron chi connectivity index (χ2n) is 14.5. The molecular formula is C52H34N4O. The van der Waals surface area contributed by atoms with Gasteiger partial charge in [-0.2, -0.15) is 0 Å². The van der Waals surface area contributed by atoms with E-state index in [-0.39, 0.29) is 6.23 Å². The summed E-state index contributed by atoms with van der Waals surface area (Å²) in [6, 6.07) is 67.6. The van der Waals surface area contributed by atoms with Crippen molar-refractivity contribution in [2.24, 2.45) is 0 Å². The first-order chi connectivity index (χ1) is 28.2. The van der Waals surface area contributed by atoms with Gasteiger partial charge in [0.25, 0.3) is 0 Å². The van der Waals surface area contributed by atoms with Crippen molar-refractivity contribution in [2.45, 2.75) is 6.23 Å². The summed E-state index contributed by atoms with van der Waals surface area (Å²) in [7, 11) is 0. The molecule has 0 bridgehead atoms. The molecule has 5 nitrogen and oxygen atoms in total. The largest absolute Gasteiger partial charge is 0.464 e.